The molecule has 0 aliphatic rings. The molecule has 2 N–H and O–H groups in total. The lowest BCUT2D eigenvalue weighted by atomic mass is 9.94. The molecule has 3 nitrogen and oxygen atoms in total. The molecule has 110 valence electrons. The highest BCUT2D eigenvalue weighted by Crippen LogP contribution is 2.37. The second-order valence-corrected chi connectivity index (χ2v) is 5.70. The van der Waals surface area contributed by atoms with Gasteiger partial charge < -0.3 is 5.73 Å². The zero-order valence-electron chi connectivity index (χ0n) is 11.3. The van der Waals surface area contributed by atoms with Crippen molar-refractivity contribution in [2.45, 2.75) is 25.9 Å². The number of aryl methyl sites for hydroxylation is 1. The topological polar surface area (TPSA) is 62.7 Å². The van der Waals surface area contributed by atoms with Crippen molar-refractivity contribution >= 4 is 16.5 Å². The van der Waals surface area contributed by atoms with Crippen molar-refractivity contribution in [3.8, 4) is 6.07 Å². The third-order valence-corrected chi connectivity index (χ3v) is 4.38. The summed E-state index contributed by atoms with van der Waals surface area (Å²) in [6.45, 7) is 3.56. The van der Waals surface area contributed by atoms with Gasteiger partial charge in [0.15, 0.2) is 5.13 Å². The molecule has 2 aromatic rings. The Balaban J connectivity index is 2.51. The van der Waals surface area contributed by atoms with Gasteiger partial charge >= 0.3 is 6.18 Å². The molecule has 1 heterocycles. The van der Waals surface area contributed by atoms with Crippen molar-refractivity contribution in [2.75, 3.05) is 5.73 Å². The van der Waals surface area contributed by atoms with Gasteiger partial charge in [-0.05, 0) is 24.6 Å². The average molecular weight is 311 g/mol. The van der Waals surface area contributed by atoms with Crippen molar-refractivity contribution in [1.82, 2.24) is 4.98 Å². The summed E-state index contributed by atoms with van der Waals surface area (Å²) in [6, 6.07) is 5.34. The molecule has 0 aliphatic carbocycles. The van der Waals surface area contributed by atoms with Gasteiger partial charge in [-0.2, -0.15) is 18.4 Å². The highest BCUT2D eigenvalue weighted by Gasteiger charge is 2.34. The smallest absolute Gasteiger partial charge is 0.375 e. The number of nitrogens with two attached hydrogens (primary N) is 1. The van der Waals surface area contributed by atoms with Crippen molar-refractivity contribution in [1.29, 1.82) is 5.26 Å². The van der Waals surface area contributed by atoms with Gasteiger partial charge in [-0.3, -0.25) is 0 Å². The third kappa shape index (κ3) is 3.00. The Kier molecular flexibility index (Phi) is 3.92. The van der Waals surface area contributed by atoms with Crippen LogP contribution in [0.25, 0.3) is 0 Å². The fourth-order valence-electron chi connectivity index (χ4n) is 2.15. The Morgan fingerprint density at radius 3 is 2.52 bits per heavy atom. The summed E-state index contributed by atoms with van der Waals surface area (Å²) in [6.07, 6.45) is -4.55. The number of hydrogen-bond donors (Lipinski definition) is 1. The molecule has 2 rings (SSSR count). The molecule has 0 spiro atoms. The van der Waals surface area contributed by atoms with Crippen LogP contribution in [0, 0.1) is 18.3 Å². The summed E-state index contributed by atoms with van der Waals surface area (Å²) in [7, 11) is 0. The number of nitrogen functional groups attached to an aromatic ring is 1. The molecule has 1 aromatic carbocycles. The van der Waals surface area contributed by atoms with E-state index in [1.54, 1.807) is 19.9 Å². The number of thiazole rings is 1. The van der Waals surface area contributed by atoms with Gasteiger partial charge in [0.25, 0.3) is 0 Å². The van der Waals surface area contributed by atoms with E-state index in [4.69, 9.17) is 11.0 Å². The van der Waals surface area contributed by atoms with E-state index >= 15 is 0 Å². The van der Waals surface area contributed by atoms with Gasteiger partial charge in [-0.25, -0.2) is 4.98 Å². The molecule has 0 radical (unpaired) electrons. The van der Waals surface area contributed by atoms with Crippen LogP contribution in [0.2, 0.25) is 0 Å². The van der Waals surface area contributed by atoms with Crippen LogP contribution in [-0.4, -0.2) is 4.98 Å². The van der Waals surface area contributed by atoms with E-state index in [0.29, 0.717) is 16.4 Å². The fraction of sp³-hybridized carbons (Fsp3) is 0.286. The van der Waals surface area contributed by atoms with Gasteiger partial charge in [-0.15, -0.1) is 11.3 Å². The van der Waals surface area contributed by atoms with Gasteiger partial charge in [0, 0.05) is 10.8 Å². The Morgan fingerprint density at radius 1 is 1.38 bits per heavy atom. The Hall–Kier alpha value is -2.07. The highest BCUT2D eigenvalue weighted by molar-refractivity contribution is 7.15. The Bertz CT molecular complexity index is 713. The van der Waals surface area contributed by atoms with Crippen LogP contribution < -0.4 is 5.73 Å². The predicted molar refractivity (Wildman–Crippen MR) is 74.9 cm³/mol. The summed E-state index contributed by atoms with van der Waals surface area (Å²) in [5, 5.41) is 9.19. The predicted octanol–water partition coefficient (Wildman–Crippen LogP) is 4.08. The first kappa shape index (κ1) is 15.3. The van der Waals surface area contributed by atoms with Crippen LogP contribution in [0.15, 0.2) is 18.2 Å². The zero-order valence-corrected chi connectivity index (χ0v) is 12.1. The summed E-state index contributed by atoms with van der Waals surface area (Å²) in [4.78, 5) is 4.91. The number of nitriles is 1. The van der Waals surface area contributed by atoms with Gasteiger partial charge in [0.05, 0.1) is 22.9 Å². The lowest BCUT2D eigenvalue weighted by Gasteiger charge is -2.15. The number of benzene rings is 1. The van der Waals surface area contributed by atoms with Crippen LogP contribution in [0.3, 0.4) is 0 Å². The summed E-state index contributed by atoms with van der Waals surface area (Å²) in [5.74, 6) is -0.270. The van der Waals surface area contributed by atoms with Crippen LogP contribution in [-0.2, 0) is 6.18 Å². The molecule has 0 saturated heterocycles. The number of alkyl halides is 3. The van der Waals surface area contributed by atoms with E-state index in [2.05, 4.69) is 4.98 Å². The molecule has 1 aromatic heterocycles. The molecule has 1 unspecified atom stereocenters. The Labute approximate surface area is 123 Å². The second kappa shape index (κ2) is 5.37. The third-order valence-electron chi connectivity index (χ3n) is 3.21. The van der Waals surface area contributed by atoms with Crippen LogP contribution in [0.5, 0.6) is 0 Å². The molecule has 0 saturated carbocycles. The number of rotatable bonds is 2. The van der Waals surface area contributed by atoms with Crippen molar-refractivity contribution in [3.05, 3.63) is 45.5 Å². The largest absolute Gasteiger partial charge is 0.417 e. The molecule has 0 amide bonds. The van der Waals surface area contributed by atoms with E-state index in [9.17, 15) is 13.2 Å². The van der Waals surface area contributed by atoms with Crippen molar-refractivity contribution in [3.63, 3.8) is 0 Å². The lowest BCUT2D eigenvalue weighted by Crippen LogP contribution is -2.09. The first-order chi connectivity index (χ1) is 9.74. The first-order valence-corrected chi connectivity index (χ1v) is 6.89. The highest BCUT2D eigenvalue weighted by atomic mass is 32.1. The number of halogens is 3. The first-order valence-electron chi connectivity index (χ1n) is 6.08. The van der Waals surface area contributed by atoms with Crippen LogP contribution in [0.1, 0.15) is 40.1 Å². The van der Waals surface area contributed by atoms with Crippen molar-refractivity contribution in [2.24, 2.45) is 0 Å². The molecular weight excluding hydrogens is 299 g/mol. The lowest BCUT2D eigenvalue weighted by molar-refractivity contribution is -0.137. The maximum atomic E-state index is 13.0. The van der Waals surface area contributed by atoms with Gasteiger partial charge in [-0.1, -0.05) is 13.0 Å². The SMILES string of the molecule is Cc1nc(N)sc1C(C)c1ccc(C#N)c(C(F)(F)F)c1. The monoisotopic (exact) mass is 311 g/mol. The fourth-order valence-corrected chi connectivity index (χ4v) is 3.06. The van der Waals surface area contributed by atoms with Gasteiger partial charge in [0.1, 0.15) is 0 Å². The van der Waals surface area contributed by atoms with E-state index in [0.717, 1.165) is 10.9 Å². The zero-order chi connectivity index (χ0) is 15.8. The molecule has 0 aliphatic heterocycles. The maximum absolute atomic E-state index is 13.0. The molecule has 1 atom stereocenters. The molecule has 21 heavy (non-hydrogen) atoms. The minimum atomic E-state index is -4.55. The Morgan fingerprint density at radius 2 is 2.05 bits per heavy atom. The number of nitrogens with zero attached hydrogens (tertiary/aromatic N) is 2. The summed E-state index contributed by atoms with van der Waals surface area (Å²) in [5.41, 5.74) is 5.53. The molecule has 0 bridgehead atoms. The van der Waals surface area contributed by atoms with E-state index in [-0.39, 0.29) is 11.5 Å². The van der Waals surface area contributed by atoms with E-state index < -0.39 is 11.7 Å². The standard InChI is InChI=1S/C14H12F3N3S/c1-7(12-8(2)20-13(19)21-12)9-3-4-10(6-18)11(5-9)14(15,16)17/h3-5,7H,1-2H3,(H2,19,20). The van der Waals surface area contributed by atoms with E-state index in [1.165, 1.54) is 23.5 Å². The second-order valence-electron chi connectivity index (χ2n) is 4.64. The maximum Gasteiger partial charge on any atom is 0.417 e. The minimum Gasteiger partial charge on any atom is -0.375 e. The molecule has 0 fully saturated rings. The van der Waals surface area contributed by atoms with Crippen LogP contribution >= 0.6 is 11.3 Å². The van der Waals surface area contributed by atoms with Crippen molar-refractivity contribution < 1.29 is 13.2 Å². The average Bonchev–Trinajstić information content (AvgIpc) is 2.75. The summed E-state index contributed by atoms with van der Waals surface area (Å²) >= 11 is 1.26. The minimum absolute atomic E-state index is 0.270. The number of anilines is 1. The molecule has 7 heteroatoms. The summed E-state index contributed by atoms with van der Waals surface area (Å²) < 4.78 is 39.0. The van der Waals surface area contributed by atoms with E-state index in [1.807, 2.05) is 0 Å². The van der Waals surface area contributed by atoms with Crippen LogP contribution in [0.4, 0.5) is 18.3 Å². The number of aromatic nitrogens is 1. The number of hydrogen-bond acceptors (Lipinski definition) is 4. The quantitative estimate of drug-likeness (QED) is 0.909. The molecular formula is C14H12F3N3S. The van der Waals surface area contributed by atoms with Gasteiger partial charge in [0.2, 0.25) is 0 Å². The normalized spacial score (nSPS) is 13.0.